The smallest absolute Gasteiger partial charge is 0.0466 e. The first-order chi connectivity index (χ1) is 29.3. The molecule has 0 bridgehead atoms. The van der Waals surface area contributed by atoms with Crippen LogP contribution < -0.4 is 9.80 Å². The van der Waals surface area contributed by atoms with Gasteiger partial charge in [0.2, 0.25) is 0 Å². The molecule has 0 N–H and O–H groups in total. The SMILES string of the molecule is Cc1cc(C)cc(N(c2ccc(-c3ccccc3)cc2)c2ccc(-c3ccc(-c4ccc(N(c5ccc(-c6ccccc6)cc5)c5cc(C)cc(C)c5)cc4)cc3)cc2)c1. The second-order valence-electron chi connectivity index (χ2n) is 15.9. The van der Waals surface area contributed by atoms with Crippen LogP contribution in [0.3, 0.4) is 0 Å². The molecule has 0 amide bonds. The number of hydrogen-bond acceptors (Lipinski definition) is 2. The van der Waals surface area contributed by atoms with E-state index in [1.54, 1.807) is 0 Å². The number of hydrogen-bond donors (Lipinski definition) is 0. The van der Waals surface area contributed by atoms with Crippen LogP contribution in [0.4, 0.5) is 34.1 Å². The third-order valence-corrected chi connectivity index (χ3v) is 11.2. The van der Waals surface area contributed by atoms with E-state index in [1.807, 2.05) is 0 Å². The lowest BCUT2D eigenvalue weighted by atomic mass is 9.99. The zero-order chi connectivity index (χ0) is 41.0. The first-order valence-electron chi connectivity index (χ1n) is 20.7. The number of anilines is 6. The van der Waals surface area contributed by atoms with Gasteiger partial charge in [0.25, 0.3) is 0 Å². The highest BCUT2D eigenvalue weighted by Crippen LogP contribution is 2.40. The Labute approximate surface area is 355 Å². The summed E-state index contributed by atoms with van der Waals surface area (Å²) < 4.78 is 0. The maximum Gasteiger partial charge on any atom is 0.0466 e. The summed E-state index contributed by atoms with van der Waals surface area (Å²) in [5.74, 6) is 0. The number of benzene rings is 9. The van der Waals surface area contributed by atoms with Crippen molar-refractivity contribution in [2.45, 2.75) is 27.7 Å². The van der Waals surface area contributed by atoms with E-state index in [0.717, 1.165) is 34.1 Å². The largest absolute Gasteiger partial charge is 0.310 e. The standard InChI is InChI=1S/C58H48N2/c1-41-35-42(2)38-57(37-41)59(53-27-19-49(20-28-53)45-11-7-5-8-12-45)55-31-23-51(24-32-55)47-15-17-48(18-16-47)52-25-33-56(34-26-52)60(58-39-43(3)36-44(4)40-58)54-29-21-50(22-30-54)46-13-9-6-10-14-46/h5-40H,1-4H3. The summed E-state index contributed by atoms with van der Waals surface area (Å²) in [5.41, 5.74) is 21.4. The first kappa shape index (κ1) is 38.1. The first-order valence-corrected chi connectivity index (χ1v) is 20.7. The summed E-state index contributed by atoms with van der Waals surface area (Å²) in [7, 11) is 0. The van der Waals surface area contributed by atoms with E-state index in [1.165, 1.54) is 66.8 Å². The second kappa shape index (κ2) is 16.8. The van der Waals surface area contributed by atoms with E-state index in [-0.39, 0.29) is 0 Å². The van der Waals surface area contributed by atoms with Crippen LogP contribution in [-0.2, 0) is 0 Å². The van der Waals surface area contributed by atoms with E-state index < -0.39 is 0 Å². The fourth-order valence-electron chi connectivity index (χ4n) is 8.38. The zero-order valence-corrected chi connectivity index (χ0v) is 34.7. The molecule has 9 aromatic rings. The molecule has 0 unspecified atom stereocenters. The van der Waals surface area contributed by atoms with Crippen LogP contribution in [0.25, 0.3) is 44.5 Å². The van der Waals surface area contributed by atoms with Crippen LogP contribution in [0.1, 0.15) is 22.3 Å². The molecule has 0 heterocycles. The van der Waals surface area contributed by atoms with E-state index >= 15 is 0 Å². The molecule has 0 aromatic heterocycles. The molecule has 60 heavy (non-hydrogen) atoms. The highest BCUT2D eigenvalue weighted by molar-refractivity contribution is 5.83. The van der Waals surface area contributed by atoms with Gasteiger partial charge in [-0.15, -0.1) is 0 Å². The van der Waals surface area contributed by atoms with Crippen molar-refractivity contribution >= 4 is 34.1 Å². The summed E-state index contributed by atoms with van der Waals surface area (Å²) >= 11 is 0. The molecule has 0 saturated carbocycles. The molecule has 0 aliphatic heterocycles. The molecule has 2 nitrogen and oxygen atoms in total. The average Bonchev–Trinajstić information content (AvgIpc) is 3.28. The molecule has 2 heteroatoms. The molecule has 9 aromatic carbocycles. The summed E-state index contributed by atoms with van der Waals surface area (Å²) in [6.07, 6.45) is 0. The predicted molar refractivity (Wildman–Crippen MR) is 256 cm³/mol. The fourth-order valence-corrected chi connectivity index (χ4v) is 8.38. The Morgan fingerprint density at radius 3 is 0.633 bits per heavy atom. The zero-order valence-electron chi connectivity index (χ0n) is 34.7. The summed E-state index contributed by atoms with van der Waals surface area (Å²) in [6, 6.07) is 79.3. The third-order valence-electron chi connectivity index (χ3n) is 11.2. The van der Waals surface area contributed by atoms with Gasteiger partial charge in [-0.2, -0.15) is 0 Å². The van der Waals surface area contributed by atoms with Gasteiger partial charge in [-0.3, -0.25) is 0 Å². The minimum Gasteiger partial charge on any atom is -0.310 e. The Balaban J connectivity index is 0.971. The van der Waals surface area contributed by atoms with Gasteiger partial charge in [-0.05, 0) is 167 Å². The highest BCUT2D eigenvalue weighted by atomic mass is 15.1. The number of nitrogens with zero attached hydrogens (tertiary/aromatic N) is 2. The van der Waals surface area contributed by atoms with Crippen LogP contribution in [0.5, 0.6) is 0 Å². The van der Waals surface area contributed by atoms with Crippen LogP contribution in [-0.4, -0.2) is 0 Å². The number of aryl methyl sites for hydroxylation is 4. The molecule has 0 radical (unpaired) electrons. The Morgan fingerprint density at radius 1 is 0.200 bits per heavy atom. The van der Waals surface area contributed by atoms with E-state index in [2.05, 4.69) is 256 Å². The monoisotopic (exact) mass is 772 g/mol. The fraction of sp³-hybridized carbons (Fsp3) is 0.0690. The Hall–Kier alpha value is -7.42. The Kier molecular flexibility index (Phi) is 10.7. The van der Waals surface area contributed by atoms with Crippen molar-refractivity contribution in [3.05, 3.63) is 241 Å². The Morgan fingerprint density at radius 2 is 0.400 bits per heavy atom. The minimum absolute atomic E-state index is 1.12. The summed E-state index contributed by atoms with van der Waals surface area (Å²) in [4.78, 5) is 4.71. The maximum atomic E-state index is 2.35. The molecule has 0 saturated heterocycles. The van der Waals surface area contributed by atoms with E-state index in [0.29, 0.717) is 0 Å². The lowest BCUT2D eigenvalue weighted by molar-refractivity contribution is 1.25. The van der Waals surface area contributed by atoms with Gasteiger partial charge >= 0.3 is 0 Å². The van der Waals surface area contributed by atoms with Gasteiger partial charge in [0.05, 0.1) is 0 Å². The van der Waals surface area contributed by atoms with Crippen molar-refractivity contribution in [1.29, 1.82) is 0 Å². The predicted octanol–water partition coefficient (Wildman–Crippen LogP) is 16.5. The topological polar surface area (TPSA) is 6.48 Å². The van der Waals surface area contributed by atoms with Crippen LogP contribution in [0.15, 0.2) is 218 Å². The van der Waals surface area contributed by atoms with Gasteiger partial charge in [0.15, 0.2) is 0 Å². The van der Waals surface area contributed by atoms with Gasteiger partial charge in [0.1, 0.15) is 0 Å². The lowest BCUT2D eigenvalue weighted by Gasteiger charge is -2.27. The van der Waals surface area contributed by atoms with Crippen molar-refractivity contribution in [1.82, 2.24) is 0 Å². The summed E-state index contributed by atoms with van der Waals surface area (Å²) in [5, 5.41) is 0. The van der Waals surface area contributed by atoms with Crippen molar-refractivity contribution < 1.29 is 0 Å². The molecule has 0 atom stereocenters. The van der Waals surface area contributed by atoms with Crippen molar-refractivity contribution in [3.63, 3.8) is 0 Å². The average molecular weight is 773 g/mol. The molecule has 0 aliphatic rings. The van der Waals surface area contributed by atoms with E-state index in [4.69, 9.17) is 0 Å². The van der Waals surface area contributed by atoms with E-state index in [9.17, 15) is 0 Å². The maximum absolute atomic E-state index is 2.35. The lowest BCUT2D eigenvalue weighted by Crippen LogP contribution is -2.10. The van der Waals surface area contributed by atoms with Gasteiger partial charge in [0, 0.05) is 34.1 Å². The molecule has 0 fully saturated rings. The Bertz CT molecular complexity index is 2600. The van der Waals surface area contributed by atoms with Crippen LogP contribution in [0, 0.1) is 27.7 Å². The summed E-state index contributed by atoms with van der Waals surface area (Å²) in [6.45, 7) is 8.67. The van der Waals surface area contributed by atoms with Gasteiger partial charge < -0.3 is 9.80 Å². The van der Waals surface area contributed by atoms with Crippen LogP contribution >= 0.6 is 0 Å². The highest BCUT2D eigenvalue weighted by Gasteiger charge is 2.16. The van der Waals surface area contributed by atoms with Crippen molar-refractivity contribution in [3.8, 4) is 44.5 Å². The molecule has 0 spiro atoms. The molecule has 9 rings (SSSR count). The minimum atomic E-state index is 1.12. The van der Waals surface area contributed by atoms with Crippen molar-refractivity contribution in [2.75, 3.05) is 9.80 Å². The van der Waals surface area contributed by atoms with Gasteiger partial charge in [-0.1, -0.05) is 146 Å². The quantitative estimate of drug-likeness (QED) is 0.137. The third kappa shape index (κ3) is 8.27. The number of rotatable bonds is 10. The second-order valence-corrected chi connectivity index (χ2v) is 15.9. The molecule has 290 valence electrons. The normalized spacial score (nSPS) is 11.0. The molecular weight excluding hydrogens is 725 g/mol. The van der Waals surface area contributed by atoms with Crippen molar-refractivity contribution in [2.24, 2.45) is 0 Å². The molecule has 0 aliphatic carbocycles. The van der Waals surface area contributed by atoms with Crippen LogP contribution in [0.2, 0.25) is 0 Å². The molecular formula is C58H48N2. The van der Waals surface area contributed by atoms with Gasteiger partial charge in [-0.25, -0.2) is 0 Å².